The van der Waals surface area contributed by atoms with Gasteiger partial charge in [0, 0.05) is 26.2 Å². The number of likely N-dealkylation sites (tertiary alicyclic amines) is 2. The highest BCUT2D eigenvalue weighted by Crippen LogP contribution is 2.40. The van der Waals surface area contributed by atoms with Crippen molar-refractivity contribution in [3.05, 3.63) is 0 Å². The molecule has 9 heteroatoms. The molecule has 0 bridgehead atoms. The molecule has 0 aromatic rings. The molecule has 5 amide bonds. The van der Waals surface area contributed by atoms with Crippen LogP contribution in [-0.4, -0.2) is 89.4 Å². The fourth-order valence-electron chi connectivity index (χ4n) is 3.82. The predicted octanol–water partition coefficient (Wildman–Crippen LogP) is -1.63. The van der Waals surface area contributed by atoms with Crippen molar-refractivity contribution in [3.8, 4) is 0 Å². The van der Waals surface area contributed by atoms with Crippen LogP contribution in [-0.2, 0) is 14.4 Å². The minimum absolute atomic E-state index is 0.00666. The van der Waals surface area contributed by atoms with Crippen LogP contribution < -0.4 is 5.32 Å². The normalized spacial score (nSPS) is 27.4. The van der Waals surface area contributed by atoms with E-state index in [9.17, 15) is 19.2 Å². The standard InChI is InChI=1S/C15H22N4O5/c20-7-6-17-4-1-2-15(13(17)23)3-5-18(10-15)12(22)9-19-8-11(21)16-14(19)24/h20H,1-10H2,(H,16,21,24)/t15-/m1/s1. The minimum Gasteiger partial charge on any atom is -0.395 e. The van der Waals surface area contributed by atoms with Gasteiger partial charge in [-0.05, 0) is 19.3 Å². The number of amides is 5. The number of piperidine rings is 1. The van der Waals surface area contributed by atoms with Gasteiger partial charge in [0.05, 0.1) is 12.0 Å². The van der Waals surface area contributed by atoms with Crippen LogP contribution in [0.1, 0.15) is 19.3 Å². The molecule has 0 aromatic carbocycles. The lowest BCUT2D eigenvalue weighted by Crippen LogP contribution is -2.51. The van der Waals surface area contributed by atoms with Gasteiger partial charge in [-0.3, -0.25) is 19.7 Å². The molecule has 3 rings (SSSR count). The van der Waals surface area contributed by atoms with Gasteiger partial charge < -0.3 is 19.8 Å². The molecule has 0 saturated carbocycles. The summed E-state index contributed by atoms with van der Waals surface area (Å²) in [6, 6.07) is -0.551. The molecular formula is C15H22N4O5. The van der Waals surface area contributed by atoms with E-state index in [0.29, 0.717) is 32.6 Å². The van der Waals surface area contributed by atoms with Crippen molar-refractivity contribution in [3.63, 3.8) is 0 Å². The number of nitrogens with zero attached hydrogens (tertiary/aromatic N) is 3. The average Bonchev–Trinajstić information content (AvgIpc) is 3.09. The first kappa shape index (κ1) is 16.7. The van der Waals surface area contributed by atoms with E-state index in [1.807, 2.05) is 0 Å². The van der Waals surface area contributed by atoms with E-state index in [1.165, 1.54) is 4.90 Å². The number of nitrogens with one attached hydrogen (secondary N) is 1. The Morgan fingerprint density at radius 1 is 1.17 bits per heavy atom. The fraction of sp³-hybridized carbons (Fsp3) is 0.733. The van der Waals surface area contributed by atoms with Crippen molar-refractivity contribution >= 4 is 23.8 Å². The maximum absolute atomic E-state index is 12.7. The number of hydrogen-bond acceptors (Lipinski definition) is 5. The molecule has 3 fully saturated rings. The van der Waals surface area contributed by atoms with Gasteiger partial charge in [0.15, 0.2) is 0 Å². The highest BCUT2D eigenvalue weighted by Gasteiger charge is 2.49. The molecule has 3 aliphatic rings. The molecule has 9 nitrogen and oxygen atoms in total. The Kier molecular flexibility index (Phi) is 4.44. The average molecular weight is 338 g/mol. The molecule has 3 heterocycles. The maximum atomic E-state index is 12.7. The molecule has 0 radical (unpaired) electrons. The molecule has 1 spiro atoms. The topological polar surface area (TPSA) is 110 Å². The largest absolute Gasteiger partial charge is 0.395 e. The molecule has 3 aliphatic heterocycles. The highest BCUT2D eigenvalue weighted by molar-refractivity contribution is 6.03. The predicted molar refractivity (Wildman–Crippen MR) is 81.6 cm³/mol. The second-order valence-electron chi connectivity index (χ2n) is 6.67. The molecule has 3 saturated heterocycles. The number of aliphatic hydroxyl groups is 1. The van der Waals surface area contributed by atoms with Crippen molar-refractivity contribution in [2.45, 2.75) is 19.3 Å². The lowest BCUT2D eigenvalue weighted by molar-refractivity contribution is -0.146. The smallest absolute Gasteiger partial charge is 0.325 e. The van der Waals surface area contributed by atoms with Crippen molar-refractivity contribution in [2.24, 2.45) is 5.41 Å². The summed E-state index contributed by atoms with van der Waals surface area (Å²) in [7, 11) is 0. The van der Waals surface area contributed by atoms with E-state index in [2.05, 4.69) is 5.32 Å². The van der Waals surface area contributed by atoms with Crippen LogP contribution in [0.3, 0.4) is 0 Å². The van der Waals surface area contributed by atoms with E-state index in [4.69, 9.17) is 5.11 Å². The van der Waals surface area contributed by atoms with Crippen molar-refractivity contribution in [1.29, 1.82) is 0 Å². The molecule has 0 unspecified atom stereocenters. The number of hydrogen-bond donors (Lipinski definition) is 2. The quantitative estimate of drug-likeness (QED) is 0.598. The van der Waals surface area contributed by atoms with Gasteiger partial charge in [-0.2, -0.15) is 0 Å². The first-order chi connectivity index (χ1) is 11.4. The van der Waals surface area contributed by atoms with Gasteiger partial charge in [-0.1, -0.05) is 0 Å². The third kappa shape index (κ3) is 2.95. The summed E-state index contributed by atoms with van der Waals surface area (Å²) < 4.78 is 0. The monoisotopic (exact) mass is 338 g/mol. The fourth-order valence-corrected chi connectivity index (χ4v) is 3.82. The summed E-state index contributed by atoms with van der Waals surface area (Å²) >= 11 is 0. The molecule has 132 valence electrons. The Morgan fingerprint density at radius 3 is 2.62 bits per heavy atom. The number of rotatable bonds is 4. The van der Waals surface area contributed by atoms with Crippen molar-refractivity contribution in [2.75, 3.05) is 45.9 Å². The lowest BCUT2D eigenvalue weighted by Gasteiger charge is -2.39. The molecule has 0 aromatic heterocycles. The van der Waals surface area contributed by atoms with Crippen LogP contribution in [0.25, 0.3) is 0 Å². The van der Waals surface area contributed by atoms with Crippen LogP contribution >= 0.6 is 0 Å². The maximum Gasteiger partial charge on any atom is 0.325 e. The Labute approximate surface area is 139 Å². The van der Waals surface area contributed by atoms with Crippen LogP contribution in [0.5, 0.6) is 0 Å². The zero-order chi connectivity index (χ0) is 17.3. The van der Waals surface area contributed by atoms with Crippen molar-refractivity contribution < 1.29 is 24.3 Å². The summed E-state index contributed by atoms with van der Waals surface area (Å²) in [4.78, 5) is 52.3. The minimum atomic E-state index is -0.563. The summed E-state index contributed by atoms with van der Waals surface area (Å²) in [5.41, 5.74) is -0.563. The lowest BCUT2D eigenvalue weighted by atomic mass is 9.78. The zero-order valence-corrected chi connectivity index (χ0v) is 13.5. The first-order valence-electron chi connectivity index (χ1n) is 8.22. The third-order valence-corrected chi connectivity index (χ3v) is 5.09. The van der Waals surface area contributed by atoms with E-state index < -0.39 is 17.4 Å². The summed E-state index contributed by atoms with van der Waals surface area (Å²) in [5, 5.41) is 11.2. The Morgan fingerprint density at radius 2 is 1.96 bits per heavy atom. The van der Waals surface area contributed by atoms with E-state index >= 15 is 0 Å². The number of aliphatic hydroxyl groups excluding tert-OH is 1. The Bertz CT molecular complexity index is 578. The van der Waals surface area contributed by atoms with Gasteiger partial charge in [-0.25, -0.2) is 4.79 Å². The van der Waals surface area contributed by atoms with E-state index in [1.54, 1.807) is 9.80 Å². The van der Waals surface area contributed by atoms with Crippen LogP contribution in [0, 0.1) is 5.41 Å². The SMILES string of the molecule is O=C1CN(CC(=O)N2CC[C@]3(CCCN(CCO)C3=O)C2)C(=O)N1. The van der Waals surface area contributed by atoms with E-state index in [0.717, 1.165) is 12.8 Å². The number of carbonyl (C=O) groups excluding carboxylic acids is 4. The highest BCUT2D eigenvalue weighted by atomic mass is 16.3. The molecule has 24 heavy (non-hydrogen) atoms. The van der Waals surface area contributed by atoms with Crippen molar-refractivity contribution in [1.82, 2.24) is 20.0 Å². The van der Waals surface area contributed by atoms with Crippen LogP contribution in [0.4, 0.5) is 4.79 Å². The Hall–Kier alpha value is -2.16. The van der Waals surface area contributed by atoms with E-state index in [-0.39, 0.29) is 31.5 Å². The van der Waals surface area contributed by atoms with Gasteiger partial charge >= 0.3 is 6.03 Å². The second-order valence-corrected chi connectivity index (χ2v) is 6.67. The molecular weight excluding hydrogens is 316 g/mol. The molecule has 0 aliphatic carbocycles. The molecule has 2 N–H and O–H groups in total. The van der Waals surface area contributed by atoms with Gasteiger partial charge in [0.2, 0.25) is 17.7 Å². The van der Waals surface area contributed by atoms with Crippen LogP contribution in [0.2, 0.25) is 0 Å². The number of urea groups is 1. The summed E-state index contributed by atoms with van der Waals surface area (Å²) in [6.45, 7) is 1.46. The number of carbonyl (C=O) groups is 4. The zero-order valence-electron chi connectivity index (χ0n) is 13.5. The Balaban J connectivity index is 1.62. The van der Waals surface area contributed by atoms with Gasteiger partial charge in [0.25, 0.3) is 0 Å². The second kappa shape index (κ2) is 6.39. The first-order valence-corrected chi connectivity index (χ1v) is 8.22. The van der Waals surface area contributed by atoms with Crippen LogP contribution in [0.15, 0.2) is 0 Å². The number of β-amino-alcohol motifs (C(OH)–C–C–N with tert-alkyl or cyclic N) is 1. The van der Waals surface area contributed by atoms with Gasteiger partial charge in [-0.15, -0.1) is 0 Å². The number of imide groups is 1. The third-order valence-electron chi connectivity index (χ3n) is 5.09. The van der Waals surface area contributed by atoms with Gasteiger partial charge in [0.1, 0.15) is 13.1 Å². The summed E-state index contributed by atoms with van der Waals surface area (Å²) in [6.07, 6.45) is 2.20. The molecule has 1 atom stereocenters. The summed E-state index contributed by atoms with van der Waals surface area (Å²) in [5.74, 6) is -0.649.